The Morgan fingerprint density at radius 2 is 1.81 bits per heavy atom. The second-order valence-electron chi connectivity index (χ2n) is 5.37. The quantitative estimate of drug-likeness (QED) is 0.788. The van der Waals surface area contributed by atoms with E-state index in [0.29, 0.717) is 0 Å². The Balaban J connectivity index is 2.46. The second-order valence-corrected chi connectivity index (χ2v) is 5.37. The summed E-state index contributed by atoms with van der Waals surface area (Å²) in [6.45, 7) is 10.5. The van der Waals surface area contributed by atoms with Gasteiger partial charge >= 0.3 is 6.03 Å². The molecule has 1 aliphatic rings. The monoisotopic (exact) mass is 226 g/mol. The number of rotatable bonds is 3. The molecule has 94 valence electrons. The van der Waals surface area contributed by atoms with Crippen LogP contribution < -0.4 is 5.32 Å². The minimum absolute atomic E-state index is 0.0415. The molecule has 0 unspecified atom stereocenters. The number of nitrogens with zero attached hydrogens (tertiary/aromatic N) is 1. The lowest BCUT2D eigenvalue weighted by atomic mass is 9.95. The molecule has 2 amide bonds. The smallest absolute Gasteiger partial charge is 0.317 e. The zero-order valence-electron chi connectivity index (χ0n) is 11.2. The molecule has 0 aromatic rings. The molecule has 1 fully saturated rings. The van der Waals surface area contributed by atoms with Gasteiger partial charge in [-0.25, -0.2) is 4.79 Å². The van der Waals surface area contributed by atoms with Gasteiger partial charge < -0.3 is 10.2 Å². The first-order chi connectivity index (χ1) is 7.50. The summed E-state index contributed by atoms with van der Waals surface area (Å²) < 4.78 is 0. The first-order valence-corrected chi connectivity index (χ1v) is 6.58. The first kappa shape index (κ1) is 13.3. The molecular formula is C13H26N2O. The van der Waals surface area contributed by atoms with Gasteiger partial charge in [-0.15, -0.1) is 0 Å². The normalized spacial score (nSPS) is 18.6. The molecule has 0 aliphatic carbocycles. The lowest BCUT2D eigenvalue weighted by Gasteiger charge is -2.35. The summed E-state index contributed by atoms with van der Waals surface area (Å²) in [5.74, 6) is 0.771. The number of carbonyl (C=O) groups is 1. The summed E-state index contributed by atoms with van der Waals surface area (Å²) in [6.07, 6.45) is 4.25. The molecule has 0 spiro atoms. The van der Waals surface area contributed by atoms with Crippen LogP contribution in [0.1, 0.15) is 53.4 Å². The third kappa shape index (κ3) is 3.39. The van der Waals surface area contributed by atoms with E-state index >= 15 is 0 Å². The second kappa shape index (κ2) is 5.55. The zero-order valence-corrected chi connectivity index (χ0v) is 11.2. The highest BCUT2D eigenvalue weighted by atomic mass is 16.2. The highest BCUT2D eigenvalue weighted by molar-refractivity contribution is 5.75. The van der Waals surface area contributed by atoms with Crippen LogP contribution in [-0.2, 0) is 0 Å². The Kier molecular flexibility index (Phi) is 4.63. The summed E-state index contributed by atoms with van der Waals surface area (Å²) in [5.41, 5.74) is -0.0415. The third-order valence-electron chi connectivity index (χ3n) is 4.04. The van der Waals surface area contributed by atoms with Crippen LogP contribution in [0.15, 0.2) is 0 Å². The van der Waals surface area contributed by atoms with E-state index in [4.69, 9.17) is 0 Å². The fourth-order valence-corrected chi connectivity index (χ4v) is 1.98. The molecule has 0 aromatic carbocycles. The Morgan fingerprint density at radius 1 is 1.31 bits per heavy atom. The van der Waals surface area contributed by atoms with E-state index in [9.17, 15) is 4.79 Å². The van der Waals surface area contributed by atoms with Gasteiger partial charge in [-0.05, 0) is 38.5 Å². The van der Waals surface area contributed by atoms with Crippen molar-refractivity contribution >= 4 is 6.03 Å². The predicted octanol–water partition coefficient (Wildman–Crippen LogP) is 3.01. The van der Waals surface area contributed by atoms with Gasteiger partial charge in [0.2, 0.25) is 0 Å². The Bertz CT molecular complexity index is 228. The van der Waals surface area contributed by atoms with Gasteiger partial charge in [-0.2, -0.15) is 0 Å². The molecule has 1 heterocycles. The molecular weight excluding hydrogens is 200 g/mol. The fourth-order valence-electron chi connectivity index (χ4n) is 1.98. The maximum atomic E-state index is 12.1. The van der Waals surface area contributed by atoms with E-state index in [1.165, 1.54) is 0 Å². The number of likely N-dealkylation sites (tertiary alicyclic amines) is 1. The molecule has 0 bridgehead atoms. The molecule has 0 aromatic heterocycles. The largest absolute Gasteiger partial charge is 0.333 e. The number of urea groups is 1. The first-order valence-electron chi connectivity index (χ1n) is 6.58. The van der Waals surface area contributed by atoms with Crippen LogP contribution in [0.5, 0.6) is 0 Å². The van der Waals surface area contributed by atoms with E-state index in [-0.39, 0.29) is 11.6 Å². The van der Waals surface area contributed by atoms with Crippen LogP contribution in [0, 0.1) is 5.92 Å². The minimum atomic E-state index is -0.0415. The summed E-state index contributed by atoms with van der Waals surface area (Å²) in [5, 5.41) is 3.16. The average Bonchev–Trinajstić information content (AvgIpc) is 2.29. The Hall–Kier alpha value is -0.730. The van der Waals surface area contributed by atoms with Gasteiger partial charge in [0.1, 0.15) is 0 Å². The van der Waals surface area contributed by atoms with Gasteiger partial charge in [0.15, 0.2) is 0 Å². The molecule has 0 radical (unpaired) electrons. The van der Waals surface area contributed by atoms with E-state index in [1.54, 1.807) is 0 Å². The standard InChI is InChI=1S/C13H26N2O/c1-5-13(4,6-2)14-12(16)15-9-7-11(3)8-10-15/h11H,5-10H2,1-4H3,(H,14,16). The average molecular weight is 226 g/mol. The summed E-state index contributed by atoms with van der Waals surface area (Å²) in [7, 11) is 0. The van der Waals surface area contributed by atoms with E-state index in [2.05, 4.69) is 33.0 Å². The van der Waals surface area contributed by atoms with Crippen LogP contribution in [0.25, 0.3) is 0 Å². The molecule has 1 aliphatic heterocycles. The molecule has 16 heavy (non-hydrogen) atoms. The van der Waals surface area contributed by atoms with Crippen molar-refractivity contribution in [2.75, 3.05) is 13.1 Å². The van der Waals surface area contributed by atoms with E-state index in [0.717, 1.165) is 44.7 Å². The van der Waals surface area contributed by atoms with Gasteiger partial charge in [-0.1, -0.05) is 20.8 Å². The van der Waals surface area contributed by atoms with Crippen molar-refractivity contribution in [1.82, 2.24) is 10.2 Å². The molecule has 0 saturated carbocycles. The lowest BCUT2D eigenvalue weighted by Crippen LogP contribution is -2.52. The third-order valence-corrected chi connectivity index (χ3v) is 4.04. The molecule has 1 N–H and O–H groups in total. The van der Waals surface area contributed by atoms with Gasteiger partial charge in [0.05, 0.1) is 0 Å². The van der Waals surface area contributed by atoms with Crippen molar-refractivity contribution in [3.05, 3.63) is 0 Å². The number of hydrogen-bond acceptors (Lipinski definition) is 1. The fraction of sp³-hybridized carbons (Fsp3) is 0.923. The number of hydrogen-bond donors (Lipinski definition) is 1. The molecule has 1 rings (SSSR count). The molecule has 1 saturated heterocycles. The van der Waals surface area contributed by atoms with Crippen molar-refractivity contribution in [3.8, 4) is 0 Å². The van der Waals surface area contributed by atoms with Crippen LogP contribution in [0.4, 0.5) is 4.79 Å². The zero-order chi connectivity index (χ0) is 12.2. The SMILES string of the molecule is CCC(C)(CC)NC(=O)N1CCC(C)CC1. The molecule has 3 nitrogen and oxygen atoms in total. The summed E-state index contributed by atoms with van der Waals surface area (Å²) in [6, 6.07) is 0.123. The number of amides is 2. The van der Waals surface area contributed by atoms with Crippen LogP contribution >= 0.6 is 0 Å². The summed E-state index contributed by atoms with van der Waals surface area (Å²) >= 11 is 0. The van der Waals surface area contributed by atoms with Crippen molar-refractivity contribution in [2.24, 2.45) is 5.92 Å². The van der Waals surface area contributed by atoms with Gasteiger partial charge in [0.25, 0.3) is 0 Å². The number of piperidine rings is 1. The van der Waals surface area contributed by atoms with E-state index in [1.807, 2.05) is 4.90 Å². The number of nitrogens with one attached hydrogen (secondary N) is 1. The van der Waals surface area contributed by atoms with Crippen LogP contribution in [0.3, 0.4) is 0 Å². The Labute approximate surface area is 99.6 Å². The van der Waals surface area contributed by atoms with Crippen molar-refractivity contribution in [1.29, 1.82) is 0 Å². The van der Waals surface area contributed by atoms with Crippen molar-refractivity contribution in [2.45, 2.75) is 58.9 Å². The van der Waals surface area contributed by atoms with E-state index < -0.39 is 0 Å². The Morgan fingerprint density at radius 3 is 2.25 bits per heavy atom. The molecule has 3 heteroatoms. The predicted molar refractivity (Wildman–Crippen MR) is 67.5 cm³/mol. The lowest BCUT2D eigenvalue weighted by molar-refractivity contribution is 0.161. The maximum absolute atomic E-state index is 12.1. The van der Waals surface area contributed by atoms with Crippen molar-refractivity contribution < 1.29 is 4.79 Å². The highest BCUT2D eigenvalue weighted by Crippen LogP contribution is 2.18. The topological polar surface area (TPSA) is 32.3 Å². The van der Waals surface area contributed by atoms with Crippen molar-refractivity contribution in [3.63, 3.8) is 0 Å². The van der Waals surface area contributed by atoms with Crippen LogP contribution in [0.2, 0.25) is 0 Å². The highest BCUT2D eigenvalue weighted by Gasteiger charge is 2.26. The summed E-state index contributed by atoms with van der Waals surface area (Å²) in [4.78, 5) is 14.0. The number of carbonyl (C=O) groups excluding carboxylic acids is 1. The minimum Gasteiger partial charge on any atom is -0.333 e. The van der Waals surface area contributed by atoms with Gasteiger partial charge in [0, 0.05) is 18.6 Å². The maximum Gasteiger partial charge on any atom is 0.317 e. The van der Waals surface area contributed by atoms with Gasteiger partial charge in [-0.3, -0.25) is 0 Å². The van der Waals surface area contributed by atoms with Crippen LogP contribution in [-0.4, -0.2) is 29.6 Å². The molecule has 0 atom stereocenters.